The summed E-state index contributed by atoms with van der Waals surface area (Å²) < 4.78 is 46.7. The van der Waals surface area contributed by atoms with E-state index < -0.39 is 15.8 Å². The number of methoxy groups -OCH3 is 1. The maximum Gasteiger partial charge on any atom is 0.230 e. The van der Waals surface area contributed by atoms with E-state index in [1.807, 2.05) is 6.92 Å². The number of rotatable bonds is 7. The molecule has 0 aliphatic heterocycles. The number of hydrogen-bond donors (Lipinski definition) is 3. The molecule has 0 saturated heterocycles. The molecule has 154 valence electrons. The number of anilines is 5. The SMILES string of the molecule is COc1ccc(Nc2nc(Nc3cc(C)n(C)n3)ncc2F)c(NS(C)(=O)=O)c1. The highest BCUT2D eigenvalue weighted by molar-refractivity contribution is 7.92. The van der Waals surface area contributed by atoms with Crippen LogP contribution >= 0.6 is 0 Å². The number of ether oxygens (including phenoxy) is 1. The predicted octanol–water partition coefficient (Wildman–Crippen LogP) is 2.52. The smallest absolute Gasteiger partial charge is 0.230 e. The van der Waals surface area contributed by atoms with Gasteiger partial charge < -0.3 is 15.4 Å². The second-order valence-electron chi connectivity index (χ2n) is 6.22. The van der Waals surface area contributed by atoms with Gasteiger partial charge in [-0.05, 0) is 19.1 Å². The number of aromatic nitrogens is 4. The van der Waals surface area contributed by atoms with E-state index in [4.69, 9.17) is 4.74 Å². The molecule has 0 saturated carbocycles. The summed E-state index contributed by atoms with van der Waals surface area (Å²) in [6.07, 6.45) is 2.01. The molecule has 10 nitrogen and oxygen atoms in total. The van der Waals surface area contributed by atoms with Crippen molar-refractivity contribution in [2.45, 2.75) is 6.92 Å². The van der Waals surface area contributed by atoms with Gasteiger partial charge in [0.15, 0.2) is 17.5 Å². The van der Waals surface area contributed by atoms with Crippen molar-refractivity contribution in [1.82, 2.24) is 19.7 Å². The molecule has 12 heteroatoms. The van der Waals surface area contributed by atoms with Crippen LogP contribution in [0.3, 0.4) is 0 Å². The van der Waals surface area contributed by atoms with Crippen LogP contribution < -0.4 is 20.1 Å². The van der Waals surface area contributed by atoms with Gasteiger partial charge in [0.25, 0.3) is 0 Å². The Morgan fingerprint density at radius 2 is 1.93 bits per heavy atom. The molecule has 2 heterocycles. The van der Waals surface area contributed by atoms with Crippen molar-refractivity contribution in [3.8, 4) is 5.75 Å². The van der Waals surface area contributed by atoms with Gasteiger partial charge in [-0.3, -0.25) is 9.40 Å². The Bertz CT molecular complexity index is 1130. The first-order chi connectivity index (χ1) is 13.6. The monoisotopic (exact) mass is 421 g/mol. The van der Waals surface area contributed by atoms with E-state index in [9.17, 15) is 12.8 Å². The third-order valence-electron chi connectivity index (χ3n) is 3.87. The van der Waals surface area contributed by atoms with Gasteiger partial charge in [-0.25, -0.2) is 17.8 Å². The quantitative estimate of drug-likeness (QED) is 0.532. The van der Waals surface area contributed by atoms with Crippen LogP contribution in [0.1, 0.15) is 5.69 Å². The van der Waals surface area contributed by atoms with Crippen LogP contribution in [0.2, 0.25) is 0 Å². The maximum atomic E-state index is 14.3. The standard InChI is InChI=1S/C17H20FN7O3S/c1-10-7-15(23-25(10)2)21-17-19-9-12(18)16(22-17)20-13-6-5-11(28-3)8-14(13)24-29(4,26)27/h5-9,24H,1-4H3,(H2,19,20,21,22,23). The van der Waals surface area contributed by atoms with E-state index >= 15 is 0 Å². The Kier molecular flexibility index (Phi) is 5.55. The minimum absolute atomic E-state index is 0.123. The Labute approximate surface area is 167 Å². The minimum Gasteiger partial charge on any atom is -0.497 e. The number of nitrogens with one attached hydrogen (secondary N) is 3. The van der Waals surface area contributed by atoms with E-state index in [-0.39, 0.29) is 23.1 Å². The Balaban J connectivity index is 1.91. The topological polar surface area (TPSA) is 123 Å². The normalized spacial score (nSPS) is 11.2. The Morgan fingerprint density at radius 3 is 2.55 bits per heavy atom. The van der Waals surface area contributed by atoms with Crippen LogP contribution in [0.15, 0.2) is 30.5 Å². The van der Waals surface area contributed by atoms with Crippen molar-refractivity contribution in [3.63, 3.8) is 0 Å². The van der Waals surface area contributed by atoms with Gasteiger partial charge >= 0.3 is 0 Å². The summed E-state index contributed by atoms with van der Waals surface area (Å²) in [5.74, 6) is 0.202. The zero-order valence-electron chi connectivity index (χ0n) is 16.2. The molecule has 0 radical (unpaired) electrons. The molecule has 3 aromatic rings. The molecular formula is C17H20FN7O3S. The van der Waals surface area contributed by atoms with Crippen LogP contribution in [-0.4, -0.2) is 41.5 Å². The van der Waals surface area contributed by atoms with E-state index in [0.29, 0.717) is 11.6 Å². The van der Waals surface area contributed by atoms with Crippen LogP contribution in [0.5, 0.6) is 5.75 Å². The molecule has 29 heavy (non-hydrogen) atoms. The molecule has 0 fully saturated rings. The van der Waals surface area contributed by atoms with Gasteiger partial charge in [-0.1, -0.05) is 0 Å². The average Bonchev–Trinajstić information content (AvgIpc) is 2.95. The molecule has 0 aliphatic rings. The van der Waals surface area contributed by atoms with Crippen molar-refractivity contribution in [3.05, 3.63) is 42.0 Å². The number of benzene rings is 1. The first-order valence-electron chi connectivity index (χ1n) is 8.37. The van der Waals surface area contributed by atoms with Crippen molar-refractivity contribution >= 4 is 39.0 Å². The van der Waals surface area contributed by atoms with Crippen LogP contribution in [0, 0.1) is 12.7 Å². The largest absolute Gasteiger partial charge is 0.497 e. The maximum absolute atomic E-state index is 14.3. The minimum atomic E-state index is -3.57. The van der Waals surface area contributed by atoms with Gasteiger partial charge in [0, 0.05) is 24.9 Å². The molecule has 1 aromatic carbocycles. The lowest BCUT2D eigenvalue weighted by molar-refractivity contribution is 0.415. The van der Waals surface area contributed by atoms with Gasteiger partial charge in [-0.15, -0.1) is 0 Å². The highest BCUT2D eigenvalue weighted by Crippen LogP contribution is 2.31. The predicted molar refractivity (Wildman–Crippen MR) is 108 cm³/mol. The molecule has 0 bridgehead atoms. The van der Waals surface area contributed by atoms with E-state index in [2.05, 4.69) is 30.4 Å². The fourth-order valence-corrected chi connectivity index (χ4v) is 2.99. The third-order valence-corrected chi connectivity index (χ3v) is 4.46. The van der Waals surface area contributed by atoms with E-state index in [0.717, 1.165) is 18.1 Å². The highest BCUT2D eigenvalue weighted by atomic mass is 32.2. The average molecular weight is 421 g/mol. The molecule has 0 amide bonds. The number of nitrogens with zero attached hydrogens (tertiary/aromatic N) is 4. The van der Waals surface area contributed by atoms with Crippen LogP contribution in [0.4, 0.5) is 33.3 Å². The van der Waals surface area contributed by atoms with Crippen molar-refractivity contribution in [2.24, 2.45) is 7.05 Å². The molecular weight excluding hydrogens is 401 g/mol. The fourth-order valence-electron chi connectivity index (χ4n) is 2.42. The third kappa shape index (κ3) is 5.10. The van der Waals surface area contributed by atoms with Gasteiger partial charge in [0.05, 0.1) is 30.9 Å². The summed E-state index contributed by atoms with van der Waals surface area (Å²) in [5.41, 5.74) is 1.39. The molecule has 0 atom stereocenters. The van der Waals surface area contributed by atoms with Crippen LogP contribution in [0.25, 0.3) is 0 Å². The lowest BCUT2D eigenvalue weighted by Gasteiger charge is -2.14. The molecule has 0 aliphatic carbocycles. The number of hydrogen-bond acceptors (Lipinski definition) is 8. The molecule has 3 N–H and O–H groups in total. The second kappa shape index (κ2) is 7.91. The summed E-state index contributed by atoms with van der Waals surface area (Å²) in [4.78, 5) is 8.02. The van der Waals surface area contributed by atoms with Crippen molar-refractivity contribution < 1.29 is 17.5 Å². The van der Waals surface area contributed by atoms with Gasteiger partial charge in [0.1, 0.15) is 5.75 Å². The number of halogens is 1. The van der Waals surface area contributed by atoms with Gasteiger partial charge in [-0.2, -0.15) is 10.1 Å². The first kappa shape index (κ1) is 20.3. The van der Waals surface area contributed by atoms with Crippen molar-refractivity contribution in [1.29, 1.82) is 0 Å². The van der Waals surface area contributed by atoms with Crippen LogP contribution in [-0.2, 0) is 17.1 Å². The molecule has 0 spiro atoms. The zero-order valence-corrected chi connectivity index (χ0v) is 17.0. The first-order valence-corrected chi connectivity index (χ1v) is 10.3. The summed E-state index contributed by atoms with van der Waals surface area (Å²) in [6, 6.07) is 6.41. The lowest BCUT2D eigenvalue weighted by atomic mass is 10.2. The summed E-state index contributed by atoms with van der Waals surface area (Å²) in [7, 11) is -0.330. The molecule has 2 aromatic heterocycles. The van der Waals surface area contributed by atoms with Crippen molar-refractivity contribution in [2.75, 3.05) is 28.7 Å². The lowest BCUT2D eigenvalue weighted by Crippen LogP contribution is -2.12. The van der Waals surface area contributed by atoms with E-state index in [1.54, 1.807) is 29.9 Å². The highest BCUT2D eigenvalue weighted by Gasteiger charge is 2.14. The zero-order chi connectivity index (χ0) is 21.2. The second-order valence-corrected chi connectivity index (χ2v) is 7.97. The summed E-state index contributed by atoms with van der Waals surface area (Å²) in [6.45, 7) is 1.89. The van der Waals surface area contributed by atoms with E-state index in [1.165, 1.54) is 13.2 Å². The Morgan fingerprint density at radius 1 is 1.17 bits per heavy atom. The number of aryl methyl sites for hydroxylation is 2. The molecule has 0 unspecified atom stereocenters. The van der Waals surface area contributed by atoms with Gasteiger partial charge in [0.2, 0.25) is 16.0 Å². The number of sulfonamides is 1. The molecule has 3 rings (SSSR count). The summed E-state index contributed by atoms with van der Waals surface area (Å²) in [5, 5.41) is 9.92. The fraction of sp³-hybridized carbons (Fsp3) is 0.235. The summed E-state index contributed by atoms with van der Waals surface area (Å²) >= 11 is 0. The Hall–Kier alpha value is -3.41.